The Balaban J connectivity index is 1.84. The fraction of sp³-hybridized carbons (Fsp3) is 0.318. The van der Waals surface area contributed by atoms with Crippen LogP contribution in [0.15, 0.2) is 42.7 Å². The zero-order valence-corrected chi connectivity index (χ0v) is 17.1. The Bertz CT molecular complexity index is 997. The summed E-state index contributed by atoms with van der Waals surface area (Å²) in [6, 6.07) is 9.16. The number of nitrogens with zero attached hydrogens (tertiary/aromatic N) is 3. The Labute approximate surface area is 169 Å². The number of carbonyl (C=O) groups is 1. The number of aryl methyl sites for hydroxylation is 1. The normalized spacial score (nSPS) is 11.0. The minimum absolute atomic E-state index is 0.0438. The molecule has 2 aromatic heterocycles. The number of anilines is 1. The molecular formula is C22H25FN4O2. The molecule has 0 atom stereocenters. The highest BCUT2D eigenvalue weighted by Gasteiger charge is 2.18. The number of nitrogens with one attached hydrogen (secondary N) is 1. The van der Waals surface area contributed by atoms with Gasteiger partial charge in [0.25, 0.3) is 5.91 Å². The van der Waals surface area contributed by atoms with Crippen molar-refractivity contribution in [1.29, 1.82) is 0 Å². The van der Waals surface area contributed by atoms with Crippen molar-refractivity contribution in [2.24, 2.45) is 5.92 Å². The molecule has 1 amide bonds. The second-order valence-corrected chi connectivity index (χ2v) is 7.41. The van der Waals surface area contributed by atoms with Crippen LogP contribution in [0.2, 0.25) is 0 Å². The van der Waals surface area contributed by atoms with Gasteiger partial charge in [-0.25, -0.2) is 4.39 Å². The first-order chi connectivity index (χ1) is 13.9. The molecule has 29 heavy (non-hydrogen) atoms. The van der Waals surface area contributed by atoms with Crippen LogP contribution < -0.4 is 10.1 Å². The molecule has 1 N–H and O–H groups in total. The molecule has 0 radical (unpaired) electrons. The van der Waals surface area contributed by atoms with E-state index in [2.05, 4.69) is 29.2 Å². The number of rotatable bonds is 7. The van der Waals surface area contributed by atoms with Gasteiger partial charge in [0, 0.05) is 17.5 Å². The standard InChI is InChI=1S/C22H25FN4O2/c1-14(2)9-17-13-27(12-16-5-7-18(29-4)8-6-16)26-21(17)25-22(28)19-10-15(3)24-11-20(19)23/h5-8,10-11,13-14H,9,12H2,1-4H3,(H,25,26,28). The number of pyridine rings is 1. The van der Waals surface area contributed by atoms with Crippen molar-refractivity contribution in [3.05, 3.63) is 70.9 Å². The smallest absolute Gasteiger partial charge is 0.259 e. The number of aromatic nitrogens is 3. The van der Waals surface area contributed by atoms with Crippen LogP contribution in [-0.2, 0) is 13.0 Å². The van der Waals surface area contributed by atoms with E-state index in [1.807, 2.05) is 30.5 Å². The van der Waals surface area contributed by atoms with E-state index >= 15 is 0 Å². The summed E-state index contributed by atoms with van der Waals surface area (Å²) in [6.45, 7) is 6.45. The lowest BCUT2D eigenvalue weighted by atomic mass is 10.1. The topological polar surface area (TPSA) is 69.0 Å². The number of carbonyl (C=O) groups excluding carboxylic acids is 1. The molecule has 0 spiro atoms. The molecule has 3 rings (SSSR count). The van der Waals surface area contributed by atoms with Crippen LogP contribution in [0.25, 0.3) is 0 Å². The van der Waals surface area contributed by atoms with Gasteiger partial charge < -0.3 is 10.1 Å². The van der Waals surface area contributed by atoms with Crippen molar-refractivity contribution >= 4 is 11.7 Å². The van der Waals surface area contributed by atoms with Crippen molar-refractivity contribution in [3.8, 4) is 5.75 Å². The first kappa shape index (κ1) is 20.5. The van der Waals surface area contributed by atoms with Crippen molar-refractivity contribution in [1.82, 2.24) is 14.8 Å². The van der Waals surface area contributed by atoms with E-state index in [4.69, 9.17) is 4.74 Å². The van der Waals surface area contributed by atoms with Gasteiger partial charge in [0.15, 0.2) is 11.6 Å². The summed E-state index contributed by atoms with van der Waals surface area (Å²) in [4.78, 5) is 16.5. The van der Waals surface area contributed by atoms with Gasteiger partial charge in [-0.3, -0.25) is 14.5 Å². The second-order valence-electron chi connectivity index (χ2n) is 7.41. The maximum atomic E-state index is 14.0. The summed E-state index contributed by atoms with van der Waals surface area (Å²) in [6.07, 6.45) is 3.73. The highest BCUT2D eigenvalue weighted by Crippen LogP contribution is 2.21. The Morgan fingerprint density at radius 1 is 1.28 bits per heavy atom. The Morgan fingerprint density at radius 3 is 2.66 bits per heavy atom. The SMILES string of the molecule is COc1ccc(Cn2cc(CC(C)C)c(NC(=O)c3cc(C)ncc3F)n2)cc1. The third-order valence-corrected chi connectivity index (χ3v) is 4.44. The maximum Gasteiger partial charge on any atom is 0.259 e. The number of methoxy groups -OCH3 is 1. The number of amides is 1. The van der Waals surface area contributed by atoms with E-state index in [0.717, 1.165) is 29.5 Å². The fourth-order valence-corrected chi connectivity index (χ4v) is 3.05. The van der Waals surface area contributed by atoms with Crippen LogP contribution in [0.3, 0.4) is 0 Å². The molecule has 0 aliphatic rings. The Morgan fingerprint density at radius 2 is 2.00 bits per heavy atom. The zero-order chi connectivity index (χ0) is 21.0. The number of benzene rings is 1. The van der Waals surface area contributed by atoms with E-state index in [9.17, 15) is 9.18 Å². The Hall–Kier alpha value is -3.22. The molecule has 1 aromatic carbocycles. The van der Waals surface area contributed by atoms with E-state index in [0.29, 0.717) is 24.0 Å². The predicted molar refractivity (Wildman–Crippen MR) is 110 cm³/mol. The van der Waals surface area contributed by atoms with Crippen molar-refractivity contribution in [3.63, 3.8) is 0 Å². The van der Waals surface area contributed by atoms with Gasteiger partial charge in [0.1, 0.15) is 5.75 Å². The lowest BCUT2D eigenvalue weighted by Gasteiger charge is -2.08. The van der Waals surface area contributed by atoms with Gasteiger partial charge in [0.2, 0.25) is 0 Å². The molecule has 0 saturated heterocycles. The van der Waals surface area contributed by atoms with Gasteiger partial charge in [-0.15, -0.1) is 0 Å². The molecule has 3 aromatic rings. The summed E-state index contributed by atoms with van der Waals surface area (Å²) in [7, 11) is 1.63. The first-order valence-corrected chi connectivity index (χ1v) is 9.48. The highest BCUT2D eigenvalue weighted by atomic mass is 19.1. The molecule has 0 aliphatic carbocycles. The van der Waals surface area contributed by atoms with Gasteiger partial charge >= 0.3 is 0 Å². The van der Waals surface area contributed by atoms with Crippen LogP contribution in [-0.4, -0.2) is 27.8 Å². The van der Waals surface area contributed by atoms with Crippen LogP contribution in [0.1, 0.15) is 41.0 Å². The molecular weight excluding hydrogens is 371 g/mol. The average Bonchev–Trinajstić information content (AvgIpc) is 3.04. The van der Waals surface area contributed by atoms with E-state index < -0.39 is 11.7 Å². The van der Waals surface area contributed by atoms with Gasteiger partial charge in [-0.2, -0.15) is 5.10 Å². The number of hydrogen-bond donors (Lipinski definition) is 1. The number of hydrogen-bond acceptors (Lipinski definition) is 4. The summed E-state index contributed by atoms with van der Waals surface area (Å²) in [5.74, 6) is 0.427. The third kappa shape index (κ3) is 5.19. The zero-order valence-electron chi connectivity index (χ0n) is 17.1. The monoisotopic (exact) mass is 396 g/mol. The second kappa shape index (κ2) is 8.86. The minimum atomic E-state index is -0.656. The molecule has 0 fully saturated rings. The lowest BCUT2D eigenvalue weighted by Crippen LogP contribution is -2.16. The van der Waals surface area contributed by atoms with Gasteiger partial charge in [-0.1, -0.05) is 26.0 Å². The van der Waals surface area contributed by atoms with Gasteiger partial charge in [0.05, 0.1) is 25.4 Å². The predicted octanol–water partition coefficient (Wildman–Crippen LogP) is 4.23. The molecule has 152 valence electrons. The first-order valence-electron chi connectivity index (χ1n) is 9.48. The summed E-state index contributed by atoms with van der Waals surface area (Å²) in [5.41, 5.74) is 2.49. The molecule has 7 heteroatoms. The summed E-state index contributed by atoms with van der Waals surface area (Å²) < 4.78 is 21.0. The van der Waals surface area contributed by atoms with Gasteiger partial charge in [-0.05, 0) is 43.0 Å². The van der Waals surface area contributed by atoms with Crippen LogP contribution >= 0.6 is 0 Å². The minimum Gasteiger partial charge on any atom is -0.497 e. The highest BCUT2D eigenvalue weighted by molar-refractivity contribution is 6.04. The van der Waals surface area contributed by atoms with Crippen LogP contribution in [0.4, 0.5) is 10.2 Å². The fourth-order valence-electron chi connectivity index (χ4n) is 3.05. The van der Waals surface area contributed by atoms with Crippen LogP contribution in [0, 0.1) is 18.7 Å². The summed E-state index contributed by atoms with van der Waals surface area (Å²) in [5, 5.41) is 7.30. The lowest BCUT2D eigenvalue weighted by molar-refractivity contribution is 0.102. The molecule has 6 nitrogen and oxygen atoms in total. The van der Waals surface area contributed by atoms with E-state index in [-0.39, 0.29) is 5.56 Å². The molecule has 0 saturated carbocycles. The average molecular weight is 396 g/mol. The van der Waals surface area contributed by atoms with E-state index in [1.165, 1.54) is 6.07 Å². The quantitative estimate of drug-likeness (QED) is 0.649. The van der Waals surface area contributed by atoms with Crippen molar-refractivity contribution in [2.75, 3.05) is 12.4 Å². The van der Waals surface area contributed by atoms with E-state index in [1.54, 1.807) is 18.7 Å². The molecule has 2 heterocycles. The van der Waals surface area contributed by atoms with Crippen molar-refractivity contribution in [2.45, 2.75) is 33.7 Å². The Kier molecular flexibility index (Phi) is 6.26. The number of halogens is 1. The molecule has 0 bridgehead atoms. The maximum absolute atomic E-state index is 14.0. The largest absolute Gasteiger partial charge is 0.497 e. The molecule has 0 unspecified atom stereocenters. The van der Waals surface area contributed by atoms with Crippen LogP contribution in [0.5, 0.6) is 5.75 Å². The number of ether oxygens (including phenoxy) is 1. The summed E-state index contributed by atoms with van der Waals surface area (Å²) >= 11 is 0. The van der Waals surface area contributed by atoms with Crippen molar-refractivity contribution < 1.29 is 13.9 Å². The third-order valence-electron chi connectivity index (χ3n) is 4.44. The molecule has 0 aliphatic heterocycles.